The molecule has 0 atom stereocenters. The molecular weight excluding hydrogens is 248 g/mol. The molecule has 1 heterocycles. The van der Waals surface area contributed by atoms with Gasteiger partial charge in [-0.25, -0.2) is 0 Å². The van der Waals surface area contributed by atoms with E-state index in [1.165, 1.54) is 0 Å². The van der Waals surface area contributed by atoms with Crippen molar-refractivity contribution in [2.75, 3.05) is 26.2 Å². The molecule has 0 aliphatic carbocycles. The van der Waals surface area contributed by atoms with E-state index < -0.39 is 5.60 Å². The number of benzene rings is 1. The molecule has 18 heavy (non-hydrogen) atoms. The van der Waals surface area contributed by atoms with Crippen LogP contribution in [0.1, 0.15) is 24.8 Å². The predicted octanol–water partition coefficient (Wildman–Crippen LogP) is 1.97. The first kappa shape index (κ1) is 13.8. The lowest BCUT2D eigenvalue weighted by Crippen LogP contribution is -2.43. The van der Waals surface area contributed by atoms with Crippen molar-refractivity contribution in [3.63, 3.8) is 0 Å². The number of nitrogens with zero attached hydrogens (tertiary/aromatic N) is 1. The molecule has 1 aromatic rings. The van der Waals surface area contributed by atoms with Gasteiger partial charge in [0.25, 0.3) is 0 Å². The van der Waals surface area contributed by atoms with Crippen molar-refractivity contribution in [2.45, 2.75) is 24.9 Å². The van der Waals surface area contributed by atoms with Crippen molar-refractivity contribution in [3.05, 3.63) is 34.9 Å². The van der Waals surface area contributed by atoms with E-state index in [2.05, 4.69) is 4.90 Å². The SMILES string of the molecule is NCCCN1CCC(O)(c2ccc(Cl)cc2)CC1. The number of likely N-dealkylation sites (tertiary alicyclic amines) is 1. The number of hydrogen-bond acceptors (Lipinski definition) is 3. The lowest BCUT2D eigenvalue weighted by atomic mass is 9.84. The monoisotopic (exact) mass is 268 g/mol. The molecular formula is C14H21ClN2O. The summed E-state index contributed by atoms with van der Waals surface area (Å²) in [6.07, 6.45) is 2.58. The number of piperidine rings is 1. The molecule has 3 nitrogen and oxygen atoms in total. The van der Waals surface area contributed by atoms with E-state index in [0.29, 0.717) is 5.02 Å². The Kier molecular flexibility index (Phi) is 4.62. The predicted molar refractivity (Wildman–Crippen MR) is 74.7 cm³/mol. The summed E-state index contributed by atoms with van der Waals surface area (Å²) in [5.74, 6) is 0. The molecule has 0 spiro atoms. The van der Waals surface area contributed by atoms with E-state index in [1.54, 1.807) is 0 Å². The molecule has 0 unspecified atom stereocenters. The van der Waals surface area contributed by atoms with Crippen molar-refractivity contribution in [3.8, 4) is 0 Å². The number of rotatable bonds is 4. The highest BCUT2D eigenvalue weighted by Gasteiger charge is 2.33. The van der Waals surface area contributed by atoms with Crippen LogP contribution in [-0.2, 0) is 5.60 Å². The summed E-state index contributed by atoms with van der Waals surface area (Å²) in [4.78, 5) is 2.37. The van der Waals surface area contributed by atoms with Crippen LogP contribution < -0.4 is 5.73 Å². The van der Waals surface area contributed by atoms with Crippen molar-refractivity contribution in [1.29, 1.82) is 0 Å². The zero-order valence-electron chi connectivity index (χ0n) is 10.6. The van der Waals surface area contributed by atoms with Gasteiger partial charge in [0, 0.05) is 18.1 Å². The molecule has 0 radical (unpaired) electrons. The third-order valence-electron chi connectivity index (χ3n) is 3.74. The van der Waals surface area contributed by atoms with Crippen LogP contribution in [0.2, 0.25) is 5.02 Å². The van der Waals surface area contributed by atoms with E-state index in [-0.39, 0.29) is 0 Å². The van der Waals surface area contributed by atoms with Crippen LogP contribution in [0.5, 0.6) is 0 Å². The van der Waals surface area contributed by atoms with Gasteiger partial charge < -0.3 is 15.7 Å². The second-order valence-electron chi connectivity index (χ2n) is 5.02. The minimum atomic E-state index is -0.691. The molecule has 0 aromatic heterocycles. The Morgan fingerprint density at radius 3 is 2.39 bits per heavy atom. The maximum Gasteiger partial charge on any atom is 0.0920 e. The molecule has 0 amide bonds. The van der Waals surface area contributed by atoms with Gasteiger partial charge in [-0.1, -0.05) is 23.7 Å². The van der Waals surface area contributed by atoms with Gasteiger partial charge in [-0.3, -0.25) is 0 Å². The van der Waals surface area contributed by atoms with Crippen LogP contribution in [0.25, 0.3) is 0 Å². The first-order chi connectivity index (χ1) is 8.64. The minimum Gasteiger partial charge on any atom is -0.385 e. The molecule has 1 fully saturated rings. The average Bonchev–Trinajstić information content (AvgIpc) is 2.39. The lowest BCUT2D eigenvalue weighted by Gasteiger charge is -2.38. The van der Waals surface area contributed by atoms with Crippen molar-refractivity contribution >= 4 is 11.6 Å². The summed E-state index contributed by atoms with van der Waals surface area (Å²) >= 11 is 5.87. The zero-order chi connectivity index (χ0) is 13.0. The Balaban J connectivity index is 1.96. The largest absolute Gasteiger partial charge is 0.385 e. The van der Waals surface area contributed by atoms with Gasteiger partial charge in [0.2, 0.25) is 0 Å². The summed E-state index contributed by atoms with van der Waals surface area (Å²) in [7, 11) is 0. The standard InChI is InChI=1S/C14H21ClN2O/c15-13-4-2-12(3-5-13)14(18)6-10-17(11-7-14)9-1-8-16/h2-5,18H,1,6-11,16H2. The maximum atomic E-state index is 10.7. The molecule has 100 valence electrons. The van der Waals surface area contributed by atoms with Crippen LogP contribution in [0.4, 0.5) is 0 Å². The van der Waals surface area contributed by atoms with Crippen molar-refractivity contribution in [1.82, 2.24) is 4.90 Å². The van der Waals surface area contributed by atoms with Gasteiger partial charge in [0.1, 0.15) is 0 Å². The fourth-order valence-electron chi connectivity index (χ4n) is 2.51. The second-order valence-corrected chi connectivity index (χ2v) is 5.46. The lowest BCUT2D eigenvalue weighted by molar-refractivity contribution is -0.0258. The van der Waals surface area contributed by atoms with Gasteiger partial charge in [-0.05, 0) is 50.0 Å². The van der Waals surface area contributed by atoms with Gasteiger partial charge in [-0.2, -0.15) is 0 Å². The summed E-state index contributed by atoms with van der Waals surface area (Å²) in [5.41, 5.74) is 5.80. The maximum absolute atomic E-state index is 10.7. The third kappa shape index (κ3) is 3.23. The third-order valence-corrected chi connectivity index (χ3v) is 4.00. The molecule has 1 aromatic carbocycles. The Morgan fingerprint density at radius 1 is 1.22 bits per heavy atom. The van der Waals surface area contributed by atoms with Crippen molar-refractivity contribution in [2.24, 2.45) is 5.73 Å². The van der Waals surface area contributed by atoms with Crippen LogP contribution in [0.15, 0.2) is 24.3 Å². The Morgan fingerprint density at radius 2 is 1.83 bits per heavy atom. The fraction of sp³-hybridized carbons (Fsp3) is 0.571. The highest BCUT2D eigenvalue weighted by atomic mass is 35.5. The molecule has 2 rings (SSSR count). The van der Waals surface area contributed by atoms with E-state index in [4.69, 9.17) is 17.3 Å². The van der Waals surface area contributed by atoms with E-state index >= 15 is 0 Å². The molecule has 1 saturated heterocycles. The van der Waals surface area contributed by atoms with Gasteiger partial charge in [0.05, 0.1) is 5.60 Å². The first-order valence-corrected chi connectivity index (χ1v) is 6.93. The first-order valence-electron chi connectivity index (χ1n) is 6.55. The van der Waals surface area contributed by atoms with E-state index in [1.807, 2.05) is 24.3 Å². The fourth-order valence-corrected chi connectivity index (χ4v) is 2.64. The van der Waals surface area contributed by atoms with Crippen LogP contribution in [0.3, 0.4) is 0 Å². The van der Waals surface area contributed by atoms with E-state index in [9.17, 15) is 5.11 Å². The topological polar surface area (TPSA) is 49.5 Å². The number of nitrogens with two attached hydrogens (primary N) is 1. The highest BCUT2D eigenvalue weighted by molar-refractivity contribution is 6.30. The second kappa shape index (κ2) is 6.02. The molecule has 3 N–H and O–H groups in total. The van der Waals surface area contributed by atoms with Crippen molar-refractivity contribution < 1.29 is 5.11 Å². The Bertz CT molecular complexity index is 372. The number of hydrogen-bond donors (Lipinski definition) is 2. The average molecular weight is 269 g/mol. The van der Waals surface area contributed by atoms with Crippen LogP contribution in [0, 0.1) is 0 Å². The summed E-state index contributed by atoms with van der Waals surface area (Å²) in [5, 5.41) is 11.4. The summed E-state index contributed by atoms with van der Waals surface area (Å²) in [6.45, 7) is 3.63. The highest BCUT2D eigenvalue weighted by Crippen LogP contribution is 2.33. The van der Waals surface area contributed by atoms with E-state index in [0.717, 1.165) is 51.0 Å². The summed E-state index contributed by atoms with van der Waals surface area (Å²) < 4.78 is 0. The number of aliphatic hydroxyl groups is 1. The van der Waals surface area contributed by atoms with Crippen LogP contribution in [-0.4, -0.2) is 36.2 Å². The summed E-state index contributed by atoms with van der Waals surface area (Å²) in [6, 6.07) is 7.54. The van der Waals surface area contributed by atoms with Gasteiger partial charge in [0.15, 0.2) is 0 Å². The minimum absolute atomic E-state index is 0.691. The number of halogens is 1. The Labute approximate surface area is 114 Å². The quantitative estimate of drug-likeness (QED) is 0.878. The molecule has 4 heteroatoms. The molecule has 1 aliphatic heterocycles. The molecule has 0 saturated carbocycles. The van der Waals surface area contributed by atoms with Gasteiger partial charge >= 0.3 is 0 Å². The Hall–Kier alpha value is -0.610. The van der Waals surface area contributed by atoms with Crippen LogP contribution >= 0.6 is 11.6 Å². The zero-order valence-corrected chi connectivity index (χ0v) is 11.4. The van der Waals surface area contributed by atoms with Gasteiger partial charge in [-0.15, -0.1) is 0 Å². The smallest absolute Gasteiger partial charge is 0.0920 e. The molecule has 0 bridgehead atoms. The molecule has 1 aliphatic rings. The normalized spacial score (nSPS) is 19.9.